The number of amides is 1. The van der Waals surface area contributed by atoms with Crippen LogP contribution in [0.3, 0.4) is 0 Å². The number of rotatable bonds is 4. The number of anilines is 1. The van der Waals surface area contributed by atoms with Gasteiger partial charge in [-0.25, -0.2) is 0 Å². The molecule has 6 nitrogen and oxygen atoms in total. The van der Waals surface area contributed by atoms with Gasteiger partial charge in [0.1, 0.15) is 11.5 Å². The van der Waals surface area contributed by atoms with Gasteiger partial charge < -0.3 is 9.84 Å². The molecule has 0 aliphatic carbocycles. The molecule has 6 heteroatoms. The number of aromatic nitrogens is 1. The zero-order valence-corrected chi connectivity index (χ0v) is 18.4. The van der Waals surface area contributed by atoms with E-state index in [-0.39, 0.29) is 11.3 Å². The van der Waals surface area contributed by atoms with Gasteiger partial charge in [-0.3, -0.25) is 19.5 Å². The molecule has 1 aliphatic rings. The lowest BCUT2D eigenvalue weighted by Crippen LogP contribution is -2.29. The van der Waals surface area contributed by atoms with E-state index in [9.17, 15) is 14.7 Å². The predicted octanol–water partition coefficient (Wildman–Crippen LogP) is 4.64. The smallest absolute Gasteiger partial charge is 0.300 e. The van der Waals surface area contributed by atoms with Crippen LogP contribution >= 0.6 is 0 Å². The molecule has 2 aromatic carbocycles. The topological polar surface area (TPSA) is 79.7 Å². The summed E-state index contributed by atoms with van der Waals surface area (Å²) < 4.78 is 5.37. The van der Waals surface area contributed by atoms with Crippen LogP contribution in [-0.4, -0.2) is 28.9 Å². The largest absolute Gasteiger partial charge is 0.507 e. The zero-order valence-electron chi connectivity index (χ0n) is 18.4. The predicted molar refractivity (Wildman–Crippen MR) is 123 cm³/mol. The Labute approximate surface area is 186 Å². The molecule has 4 rings (SSSR count). The second kappa shape index (κ2) is 8.30. The number of benzene rings is 2. The maximum Gasteiger partial charge on any atom is 0.300 e. The second-order valence-electron chi connectivity index (χ2n) is 7.92. The monoisotopic (exact) mass is 428 g/mol. The van der Waals surface area contributed by atoms with E-state index in [1.165, 1.54) is 4.90 Å². The van der Waals surface area contributed by atoms with Gasteiger partial charge in [0.25, 0.3) is 11.7 Å². The minimum Gasteiger partial charge on any atom is -0.507 e. The van der Waals surface area contributed by atoms with E-state index in [2.05, 4.69) is 4.98 Å². The molecule has 1 N–H and O–H groups in total. The Balaban J connectivity index is 1.96. The highest BCUT2D eigenvalue weighted by Crippen LogP contribution is 2.42. The van der Waals surface area contributed by atoms with Crippen LogP contribution in [-0.2, 0) is 9.59 Å². The first kappa shape index (κ1) is 21.3. The molecule has 1 aromatic heterocycles. The van der Waals surface area contributed by atoms with Crippen molar-refractivity contribution in [2.24, 2.45) is 0 Å². The molecular formula is C26H24N2O4. The fraction of sp³-hybridized carbons (Fsp3) is 0.192. The van der Waals surface area contributed by atoms with Gasteiger partial charge >= 0.3 is 0 Å². The Kier molecular flexibility index (Phi) is 5.53. The number of hydrogen-bond donors (Lipinski definition) is 1. The van der Waals surface area contributed by atoms with Crippen LogP contribution in [0.2, 0.25) is 0 Å². The van der Waals surface area contributed by atoms with Crippen molar-refractivity contribution in [3.63, 3.8) is 0 Å². The van der Waals surface area contributed by atoms with Crippen LogP contribution in [0.25, 0.3) is 5.76 Å². The summed E-state index contributed by atoms with van der Waals surface area (Å²) in [6.07, 6.45) is 3.21. The molecule has 1 unspecified atom stereocenters. The maximum absolute atomic E-state index is 13.2. The number of aliphatic hydroxyl groups excluding tert-OH is 1. The molecule has 0 spiro atoms. The van der Waals surface area contributed by atoms with Crippen molar-refractivity contribution in [1.29, 1.82) is 0 Å². The van der Waals surface area contributed by atoms with E-state index in [1.54, 1.807) is 49.8 Å². The van der Waals surface area contributed by atoms with Crippen molar-refractivity contribution >= 4 is 23.1 Å². The number of aryl methyl sites for hydroxylation is 3. The number of pyridine rings is 1. The van der Waals surface area contributed by atoms with Crippen LogP contribution in [0.5, 0.6) is 5.75 Å². The van der Waals surface area contributed by atoms with Crippen LogP contribution in [0.1, 0.15) is 33.9 Å². The Morgan fingerprint density at radius 2 is 1.62 bits per heavy atom. The van der Waals surface area contributed by atoms with Crippen molar-refractivity contribution in [2.45, 2.75) is 26.8 Å². The third-order valence-corrected chi connectivity index (χ3v) is 5.78. The van der Waals surface area contributed by atoms with Crippen molar-refractivity contribution in [3.05, 3.63) is 94.3 Å². The summed E-state index contributed by atoms with van der Waals surface area (Å²) in [4.78, 5) is 31.9. The van der Waals surface area contributed by atoms with Crippen molar-refractivity contribution in [1.82, 2.24) is 4.98 Å². The highest BCUT2D eigenvalue weighted by atomic mass is 16.5. The molecule has 1 amide bonds. The second-order valence-corrected chi connectivity index (χ2v) is 7.92. The van der Waals surface area contributed by atoms with E-state index in [1.807, 2.05) is 39.0 Å². The van der Waals surface area contributed by atoms with Crippen LogP contribution < -0.4 is 9.64 Å². The van der Waals surface area contributed by atoms with Gasteiger partial charge in [-0.2, -0.15) is 0 Å². The number of ketones is 1. The van der Waals surface area contributed by atoms with E-state index < -0.39 is 17.7 Å². The van der Waals surface area contributed by atoms with Crippen LogP contribution in [0, 0.1) is 20.8 Å². The SMILES string of the molecule is COc1cc(C)c(/C(O)=C2\C(=O)C(=O)N(c3ccc(C)cc3)C2c2ccncc2)cc1C. The minimum absolute atomic E-state index is 0.0504. The van der Waals surface area contributed by atoms with Gasteiger partial charge in [0.2, 0.25) is 0 Å². The average molecular weight is 428 g/mol. The zero-order chi connectivity index (χ0) is 23.0. The van der Waals surface area contributed by atoms with Gasteiger partial charge in [0, 0.05) is 23.6 Å². The van der Waals surface area contributed by atoms with Crippen molar-refractivity contribution < 1.29 is 19.4 Å². The quantitative estimate of drug-likeness (QED) is 0.372. The number of methoxy groups -OCH3 is 1. The van der Waals surface area contributed by atoms with Gasteiger partial charge in [-0.05, 0) is 73.9 Å². The summed E-state index contributed by atoms with van der Waals surface area (Å²) in [5, 5.41) is 11.3. The number of aliphatic hydroxyl groups is 1. The van der Waals surface area contributed by atoms with Crippen LogP contribution in [0.15, 0.2) is 66.5 Å². The summed E-state index contributed by atoms with van der Waals surface area (Å²) in [6, 6.07) is 13.7. The molecule has 1 fully saturated rings. The number of Topliss-reactive ketones (excluding diaryl/α,β-unsaturated/α-hetero) is 1. The van der Waals surface area contributed by atoms with Gasteiger partial charge in [-0.1, -0.05) is 17.7 Å². The third-order valence-electron chi connectivity index (χ3n) is 5.78. The molecule has 2 heterocycles. The summed E-state index contributed by atoms with van der Waals surface area (Å²) >= 11 is 0. The lowest BCUT2D eigenvalue weighted by atomic mass is 9.93. The Morgan fingerprint density at radius 3 is 2.25 bits per heavy atom. The fourth-order valence-corrected chi connectivity index (χ4v) is 4.08. The number of nitrogens with zero attached hydrogens (tertiary/aromatic N) is 2. The number of ether oxygens (including phenoxy) is 1. The summed E-state index contributed by atoms with van der Waals surface area (Å²) in [7, 11) is 1.58. The molecular weight excluding hydrogens is 404 g/mol. The number of carbonyl (C=O) groups excluding carboxylic acids is 2. The summed E-state index contributed by atoms with van der Waals surface area (Å²) in [5.74, 6) is -0.925. The lowest BCUT2D eigenvalue weighted by molar-refractivity contribution is -0.132. The van der Waals surface area contributed by atoms with Gasteiger partial charge in [-0.15, -0.1) is 0 Å². The van der Waals surface area contributed by atoms with E-state index in [4.69, 9.17) is 4.74 Å². The standard InChI is InChI=1S/C26H24N2O4/c1-15-5-7-19(8-6-15)28-23(18-9-11-27-12-10-18)22(25(30)26(28)31)24(29)20-13-17(3)21(32-4)14-16(20)2/h5-14,23,29H,1-4H3/b24-22+. The Morgan fingerprint density at radius 1 is 0.969 bits per heavy atom. The molecule has 0 bridgehead atoms. The van der Waals surface area contributed by atoms with Crippen molar-refractivity contribution in [2.75, 3.05) is 12.0 Å². The molecule has 1 saturated heterocycles. The molecule has 0 radical (unpaired) electrons. The van der Waals surface area contributed by atoms with Crippen molar-refractivity contribution in [3.8, 4) is 5.75 Å². The van der Waals surface area contributed by atoms with E-state index >= 15 is 0 Å². The first-order valence-electron chi connectivity index (χ1n) is 10.3. The van der Waals surface area contributed by atoms with Gasteiger partial charge in [0.15, 0.2) is 0 Å². The third kappa shape index (κ3) is 3.54. The lowest BCUT2D eigenvalue weighted by Gasteiger charge is -2.25. The number of hydrogen-bond acceptors (Lipinski definition) is 5. The van der Waals surface area contributed by atoms with Gasteiger partial charge in [0.05, 0.1) is 18.7 Å². The highest BCUT2D eigenvalue weighted by Gasteiger charge is 2.47. The Bertz CT molecular complexity index is 1230. The molecule has 162 valence electrons. The fourth-order valence-electron chi connectivity index (χ4n) is 4.08. The average Bonchev–Trinajstić information content (AvgIpc) is 3.06. The van der Waals surface area contributed by atoms with E-state index in [0.717, 1.165) is 16.7 Å². The molecule has 0 saturated carbocycles. The molecule has 32 heavy (non-hydrogen) atoms. The summed E-state index contributed by atoms with van der Waals surface area (Å²) in [5.41, 5.74) is 4.40. The first-order chi connectivity index (χ1) is 15.3. The highest BCUT2D eigenvalue weighted by molar-refractivity contribution is 6.51. The summed E-state index contributed by atoms with van der Waals surface area (Å²) in [6.45, 7) is 5.64. The van der Waals surface area contributed by atoms with Crippen LogP contribution in [0.4, 0.5) is 5.69 Å². The maximum atomic E-state index is 13.2. The number of carbonyl (C=O) groups is 2. The molecule has 3 aromatic rings. The normalized spacial score (nSPS) is 17.6. The van der Waals surface area contributed by atoms with E-state index in [0.29, 0.717) is 22.6 Å². The minimum atomic E-state index is -0.775. The first-order valence-corrected chi connectivity index (χ1v) is 10.3. The molecule has 1 aliphatic heterocycles. The molecule has 1 atom stereocenters. The Hall–Kier alpha value is -3.93.